The van der Waals surface area contributed by atoms with Gasteiger partial charge in [0.1, 0.15) is 0 Å². The predicted octanol–water partition coefficient (Wildman–Crippen LogP) is 2.56. The van der Waals surface area contributed by atoms with Crippen LogP contribution >= 0.6 is 15.9 Å². The first-order valence-electron chi connectivity index (χ1n) is 5.34. The van der Waals surface area contributed by atoms with Crippen molar-refractivity contribution in [3.8, 4) is 0 Å². The Hall–Kier alpha value is -1.56. The largest absolute Gasteiger partial charge is 0.235 e. The van der Waals surface area contributed by atoms with Gasteiger partial charge >= 0.3 is 0 Å². The van der Waals surface area contributed by atoms with Crippen LogP contribution in [0.2, 0.25) is 0 Å². The molecule has 17 heavy (non-hydrogen) atoms. The summed E-state index contributed by atoms with van der Waals surface area (Å²) in [5, 5.41) is 11.7. The van der Waals surface area contributed by atoms with Gasteiger partial charge in [-0.15, -0.1) is 5.10 Å². The molecule has 5 nitrogen and oxygen atoms in total. The summed E-state index contributed by atoms with van der Waals surface area (Å²) in [7, 11) is 0. The number of nitrogens with zero attached hydrogens (tertiary/aromatic N) is 5. The molecule has 0 atom stereocenters. The molecule has 3 aromatic rings. The third kappa shape index (κ3) is 1.51. The van der Waals surface area contributed by atoms with Crippen LogP contribution in [-0.4, -0.2) is 25.0 Å². The van der Waals surface area contributed by atoms with Crippen LogP contribution in [0.5, 0.6) is 0 Å². The fourth-order valence-electron chi connectivity index (χ4n) is 1.96. The molecule has 0 bridgehead atoms. The first-order valence-corrected chi connectivity index (χ1v) is 6.14. The lowest BCUT2D eigenvalue weighted by atomic mass is 10.0. The fraction of sp³-hybridized carbons (Fsp3) is 0.273. The Balaban J connectivity index is 2.57. The number of para-hydroxylation sites is 1. The Labute approximate surface area is 106 Å². The normalized spacial score (nSPS) is 11.8. The highest BCUT2D eigenvalue weighted by molar-refractivity contribution is 9.10. The van der Waals surface area contributed by atoms with Gasteiger partial charge in [-0.25, -0.2) is 4.98 Å². The molecule has 2 aromatic heterocycles. The molecule has 0 N–H and O–H groups in total. The second kappa shape index (κ2) is 3.73. The third-order valence-electron chi connectivity index (χ3n) is 2.75. The molecule has 0 aliphatic carbocycles. The summed E-state index contributed by atoms with van der Waals surface area (Å²) in [6, 6.07) is 6.06. The van der Waals surface area contributed by atoms with Crippen molar-refractivity contribution < 1.29 is 0 Å². The Morgan fingerprint density at radius 3 is 2.88 bits per heavy atom. The van der Waals surface area contributed by atoms with Gasteiger partial charge in [-0.2, -0.15) is 4.52 Å². The first kappa shape index (κ1) is 10.6. The molecule has 0 fully saturated rings. The molecule has 86 valence electrons. The first-order chi connectivity index (χ1) is 8.18. The number of fused-ring (bicyclic) bond motifs is 3. The molecule has 0 amide bonds. The third-order valence-corrected chi connectivity index (χ3v) is 3.28. The average molecular weight is 292 g/mol. The lowest BCUT2D eigenvalue weighted by Gasteiger charge is -2.10. The monoisotopic (exact) mass is 291 g/mol. The van der Waals surface area contributed by atoms with E-state index in [0.717, 1.165) is 11.0 Å². The number of tetrazole rings is 1. The van der Waals surface area contributed by atoms with E-state index in [4.69, 9.17) is 0 Å². The van der Waals surface area contributed by atoms with E-state index < -0.39 is 0 Å². The van der Waals surface area contributed by atoms with Gasteiger partial charge in [0.25, 0.3) is 0 Å². The van der Waals surface area contributed by atoms with Crippen molar-refractivity contribution in [2.45, 2.75) is 19.8 Å². The van der Waals surface area contributed by atoms with E-state index in [9.17, 15) is 0 Å². The highest BCUT2D eigenvalue weighted by atomic mass is 79.9. The van der Waals surface area contributed by atoms with Crippen LogP contribution in [0, 0.1) is 0 Å². The SMILES string of the molecule is CC(C)c1cccc2nc(Br)c3nnnn3c12. The maximum Gasteiger partial charge on any atom is 0.212 e. The molecule has 0 unspecified atom stereocenters. The molecule has 6 heteroatoms. The van der Waals surface area contributed by atoms with Gasteiger partial charge in [0.15, 0.2) is 4.60 Å². The summed E-state index contributed by atoms with van der Waals surface area (Å²) in [5.41, 5.74) is 3.71. The van der Waals surface area contributed by atoms with Crippen LogP contribution in [0.1, 0.15) is 25.3 Å². The van der Waals surface area contributed by atoms with Gasteiger partial charge < -0.3 is 0 Å². The molecule has 0 aliphatic heterocycles. The highest BCUT2D eigenvalue weighted by Crippen LogP contribution is 2.26. The zero-order chi connectivity index (χ0) is 12.0. The van der Waals surface area contributed by atoms with Gasteiger partial charge in [-0.05, 0) is 43.9 Å². The van der Waals surface area contributed by atoms with Crippen LogP contribution in [0.3, 0.4) is 0 Å². The molecule has 0 radical (unpaired) electrons. The number of aromatic nitrogens is 5. The summed E-state index contributed by atoms with van der Waals surface area (Å²) < 4.78 is 2.40. The Kier molecular flexibility index (Phi) is 2.32. The van der Waals surface area contributed by atoms with Gasteiger partial charge in [-0.3, -0.25) is 0 Å². The van der Waals surface area contributed by atoms with E-state index in [1.165, 1.54) is 5.56 Å². The quantitative estimate of drug-likeness (QED) is 0.691. The minimum absolute atomic E-state index is 0.397. The van der Waals surface area contributed by atoms with E-state index in [1.54, 1.807) is 4.52 Å². The molecule has 2 heterocycles. The molecule has 0 aliphatic rings. The summed E-state index contributed by atoms with van der Waals surface area (Å²) in [6.45, 7) is 4.29. The fourth-order valence-corrected chi connectivity index (χ4v) is 2.40. The smallest absolute Gasteiger partial charge is 0.212 e. The summed E-state index contributed by atoms with van der Waals surface area (Å²) in [5.74, 6) is 0.397. The maximum absolute atomic E-state index is 4.47. The van der Waals surface area contributed by atoms with Crippen molar-refractivity contribution in [2.75, 3.05) is 0 Å². The second-order valence-electron chi connectivity index (χ2n) is 4.19. The molecule has 1 aromatic carbocycles. The molecule has 3 rings (SSSR count). The highest BCUT2D eigenvalue weighted by Gasteiger charge is 2.14. The second-order valence-corrected chi connectivity index (χ2v) is 4.94. The summed E-state index contributed by atoms with van der Waals surface area (Å²) in [6.07, 6.45) is 0. The lowest BCUT2D eigenvalue weighted by Crippen LogP contribution is -2.00. The lowest BCUT2D eigenvalue weighted by molar-refractivity contribution is 0.821. The molecular weight excluding hydrogens is 282 g/mol. The van der Waals surface area contributed by atoms with Crippen molar-refractivity contribution in [3.05, 3.63) is 28.4 Å². The predicted molar refractivity (Wildman–Crippen MR) is 67.9 cm³/mol. The molecular formula is C11H10BrN5. The zero-order valence-electron chi connectivity index (χ0n) is 9.42. The number of rotatable bonds is 1. The number of hydrogen-bond donors (Lipinski definition) is 0. The van der Waals surface area contributed by atoms with Crippen LogP contribution in [0.4, 0.5) is 0 Å². The van der Waals surface area contributed by atoms with Crippen LogP contribution in [0.15, 0.2) is 22.8 Å². The minimum Gasteiger partial charge on any atom is -0.235 e. The van der Waals surface area contributed by atoms with Crippen LogP contribution < -0.4 is 0 Å². The van der Waals surface area contributed by atoms with E-state index in [2.05, 4.69) is 56.4 Å². The Bertz CT molecular complexity index is 703. The van der Waals surface area contributed by atoms with Crippen molar-refractivity contribution in [1.82, 2.24) is 25.0 Å². The summed E-state index contributed by atoms with van der Waals surface area (Å²) >= 11 is 3.38. The summed E-state index contributed by atoms with van der Waals surface area (Å²) in [4.78, 5) is 4.47. The molecule has 0 saturated carbocycles. The minimum atomic E-state index is 0.397. The average Bonchev–Trinajstić information content (AvgIpc) is 2.77. The van der Waals surface area contributed by atoms with Crippen molar-refractivity contribution in [2.24, 2.45) is 0 Å². The van der Waals surface area contributed by atoms with E-state index >= 15 is 0 Å². The van der Waals surface area contributed by atoms with E-state index in [0.29, 0.717) is 16.2 Å². The topological polar surface area (TPSA) is 56.0 Å². The van der Waals surface area contributed by atoms with Crippen LogP contribution in [-0.2, 0) is 0 Å². The number of halogens is 1. The van der Waals surface area contributed by atoms with E-state index in [1.807, 2.05) is 12.1 Å². The maximum atomic E-state index is 4.47. The van der Waals surface area contributed by atoms with Gasteiger partial charge in [0.05, 0.1) is 11.0 Å². The van der Waals surface area contributed by atoms with E-state index in [-0.39, 0.29) is 0 Å². The van der Waals surface area contributed by atoms with Crippen LogP contribution in [0.25, 0.3) is 16.7 Å². The van der Waals surface area contributed by atoms with Gasteiger partial charge in [-0.1, -0.05) is 26.0 Å². The molecule has 0 spiro atoms. The van der Waals surface area contributed by atoms with Gasteiger partial charge in [0.2, 0.25) is 5.65 Å². The zero-order valence-corrected chi connectivity index (χ0v) is 11.0. The Morgan fingerprint density at radius 2 is 2.12 bits per heavy atom. The Morgan fingerprint density at radius 1 is 1.29 bits per heavy atom. The van der Waals surface area contributed by atoms with Crippen molar-refractivity contribution in [3.63, 3.8) is 0 Å². The standard InChI is InChI=1S/C11H10BrN5/c1-6(2)7-4-3-5-8-9(7)17-11(10(12)13-8)14-15-16-17/h3-6H,1-2H3. The molecule has 0 saturated heterocycles. The van der Waals surface area contributed by atoms with Gasteiger partial charge in [0, 0.05) is 0 Å². The number of hydrogen-bond acceptors (Lipinski definition) is 4. The van der Waals surface area contributed by atoms with Crippen molar-refractivity contribution >= 4 is 32.6 Å². The van der Waals surface area contributed by atoms with Crippen molar-refractivity contribution in [1.29, 1.82) is 0 Å². The number of benzene rings is 1.